The smallest absolute Gasteiger partial charge is 0.323 e. The maximum atomic E-state index is 12.4. The number of benzene rings is 2. The van der Waals surface area contributed by atoms with E-state index < -0.39 is 16.1 Å². The van der Waals surface area contributed by atoms with Crippen molar-refractivity contribution in [1.82, 2.24) is 0 Å². The Labute approximate surface area is 179 Å². The molecule has 0 aliphatic carbocycles. The average Bonchev–Trinajstić information content (AvgIpc) is 2.53. The molecule has 0 aromatic heterocycles. The van der Waals surface area contributed by atoms with Crippen molar-refractivity contribution in [3.8, 4) is 5.75 Å². The zero-order valence-corrected chi connectivity index (χ0v) is 19.1. The highest BCUT2D eigenvalue weighted by molar-refractivity contribution is 7.92. The minimum Gasteiger partial charge on any atom is -0.506 e. The van der Waals surface area contributed by atoms with E-state index in [1.165, 1.54) is 6.07 Å². The van der Waals surface area contributed by atoms with Gasteiger partial charge in [-0.2, -0.15) is 0 Å². The van der Waals surface area contributed by atoms with Crippen LogP contribution in [0.15, 0.2) is 42.5 Å². The summed E-state index contributed by atoms with van der Waals surface area (Å²) in [5.74, 6) is -0.0343. The number of aromatic hydroxyl groups is 1. The van der Waals surface area contributed by atoms with Crippen molar-refractivity contribution < 1.29 is 18.3 Å². The first-order chi connectivity index (χ1) is 13.6. The summed E-state index contributed by atoms with van der Waals surface area (Å²) in [4.78, 5) is 12.4. The SMILES string of the molecule is CC(C)(C)CC(C)(C)c1ccc(O)c(NC(=O)Nc2cccc(NS(C)(=O)=O)c2)c1. The first kappa shape index (κ1) is 23.5. The molecule has 0 atom stereocenters. The van der Waals surface area contributed by atoms with Crippen LogP contribution in [-0.2, 0) is 15.4 Å². The van der Waals surface area contributed by atoms with E-state index in [0.29, 0.717) is 17.1 Å². The number of sulfonamides is 1. The van der Waals surface area contributed by atoms with Crippen molar-refractivity contribution >= 4 is 33.1 Å². The molecule has 0 saturated heterocycles. The summed E-state index contributed by atoms with van der Waals surface area (Å²) in [5, 5.41) is 15.5. The highest BCUT2D eigenvalue weighted by Crippen LogP contribution is 2.38. The Hall–Kier alpha value is -2.74. The van der Waals surface area contributed by atoms with Gasteiger partial charge in [-0.25, -0.2) is 13.2 Å². The molecule has 7 nitrogen and oxygen atoms in total. The van der Waals surface area contributed by atoms with Gasteiger partial charge in [0.15, 0.2) is 0 Å². The third kappa shape index (κ3) is 7.26. The topological polar surface area (TPSA) is 108 Å². The Bertz CT molecular complexity index is 1020. The van der Waals surface area contributed by atoms with Crippen LogP contribution in [0.5, 0.6) is 5.75 Å². The van der Waals surface area contributed by atoms with Gasteiger partial charge in [-0.1, -0.05) is 46.8 Å². The first-order valence-electron chi connectivity index (χ1n) is 9.64. The summed E-state index contributed by atoms with van der Waals surface area (Å²) in [7, 11) is -3.42. The molecule has 0 bridgehead atoms. The molecule has 2 amide bonds. The number of hydrogen-bond donors (Lipinski definition) is 4. The van der Waals surface area contributed by atoms with Gasteiger partial charge in [-0.15, -0.1) is 0 Å². The summed E-state index contributed by atoms with van der Waals surface area (Å²) in [6, 6.07) is 11.0. The Kier molecular flexibility index (Phi) is 6.71. The van der Waals surface area contributed by atoms with Crippen LogP contribution >= 0.6 is 0 Å². The van der Waals surface area contributed by atoms with E-state index in [0.717, 1.165) is 18.2 Å². The Morgan fingerprint density at radius 3 is 2.20 bits per heavy atom. The number of nitrogens with one attached hydrogen (secondary N) is 3. The fourth-order valence-electron chi connectivity index (χ4n) is 3.64. The van der Waals surface area contributed by atoms with Gasteiger partial charge in [0.05, 0.1) is 17.6 Å². The minimum absolute atomic E-state index is 0.0343. The maximum absolute atomic E-state index is 12.4. The highest BCUT2D eigenvalue weighted by Gasteiger charge is 2.28. The van der Waals surface area contributed by atoms with Gasteiger partial charge >= 0.3 is 6.03 Å². The van der Waals surface area contributed by atoms with Crippen LogP contribution in [0.25, 0.3) is 0 Å². The molecule has 0 radical (unpaired) electrons. The Balaban J connectivity index is 2.17. The van der Waals surface area contributed by atoms with Crippen LogP contribution in [0.1, 0.15) is 46.6 Å². The summed E-state index contributed by atoms with van der Waals surface area (Å²) in [6.07, 6.45) is 1.98. The lowest BCUT2D eigenvalue weighted by atomic mass is 9.72. The normalized spacial score (nSPS) is 12.3. The zero-order chi connectivity index (χ0) is 22.7. The second kappa shape index (κ2) is 8.55. The second-order valence-corrected chi connectivity index (χ2v) is 11.1. The summed E-state index contributed by atoms with van der Waals surface area (Å²) >= 11 is 0. The molecule has 0 fully saturated rings. The van der Waals surface area contributed by atoms with E-state index in [1.54, 1.807) is 30.3 Å². The number of rotatable bonds is 6. The molecule has 0 spiro atoms. The molecule has 2 aromatic carbocycles. The molecule has 2 rings (SSSR count). The van der Waals surface area contributed by atoms with Crippen molar-refractivity contribution in [1.29, 1.82) is 0 Å². The van der Waals surface area contributed by atoms with Crippen LogP contribution in [-0.4, -0.2) is 25.8 Å². The maximum Gasteiger partial charge on any atom is 0.323 e. The second-order valence-electron chi connectivity index (χ2n) is 9.39. The first-order valence-corrected chi connectivity index (χ1v) is 11.5. The molecule has 30 heavy (non-hydrogen) atoms. The fourth-order valence-corrected chi connectivity index (χ4v) is 4.20. The van der Waals surface area contributed by atoms with E-state index in [4.69, 9.17) is 0 Å². The van der Waals surface area contributed by atoms with Crippen LogP contribution < -0.4 is 15.4 Å². The number of phenolic OH excluding ortho intramolecular Hbond substituents is 1. The molecule has 0 aliphatic rings. The van der Waals surface area contributed by atoms with Crippen molar-refractivity contribution in [2.24, 2.45) is 5.41 Å². The quantitative estimate of drug-likeness (QED) is 0.474. The lowest BCUT2D eigenvalue weighted by Crippen LogP contribution is -2.25. The number of amides is 2. The van der Waals surface area contributed by atoms with Gasteiger partial charge in [0.1, 0.15) is 5.75 Å². The molecule has 0 heterocycles. The lowest BCUT2D eigenvalue weighted by Gasteiger charge is -2.33. The van der Waals surface area contributed by atoms with Gasteiger partial charge in [-0.3, -0.25) is 4.72 Å². The predicted molar refractivity (Wildman–Crippen MR) is 123 cm³/mol. The summed E-state index contributed by atoms with van der Waals surface area (Å²) in [5.41, 5.74) is 2.03. The predicted octanol–water partition coefficient (Wildman–Crippen LogP) is 5.12. The Morgan fingerprint density at radius 2 is 1.60 bits per heavy atom. The molecule has 0 aliphatic heterocycles. The standard InChI is InChI=1S/C22H31N3O4S/c1-21(2,3)14-22(4,5)15-10-11-19(26)18(12-15)24-20(27)23-16-8-7-9-17(13-16)25-30(6,28)29/h7-13,25-26H,14H2,1-6H3,(H2,23,24,27). The summed E-state index contributed by atoms with van der Waals surface area (Å²) in [6.45, 7) is 10.8. The van der Waals surface area contributed by atoms with E-state index in [2.05, 4.69) is 50.0 Å². The largest absolute Gasteiger partial charge is 0.506 e. The molecule has 8 heteroatoms. The molecule has 0 unspecified atom stereocenters. The monoisotopic (exact) mass is 433 g/mol. The summed E-state index contributed by atoms with van der Waals surface area (Å²) < 4.78 is 25.1. The molecule has 0 saturated carbocycles. The molecular formula is C22H31N3O4S. The van der Waals surface area contributed by atoms with Crippen molar-refractivity contribution in [3.63, 3.8) is 0 Å². The third-order valence-electron chi connectivity index (χ3n) is 4.42. The van der Waals surface area contributed by atoms with Crippen LogP contribution in [0.4, 0.5) is 21.9 Å². The number of urea groups is 1. The van der Waals surface area contributed by atoms with Gasteiger partial charge in [0.25, 0.3) is 0 Å². The van der Waals surface area contributed by atoms with Crippen LogP contribution in [0.2, 0.25) is 0 Å². The fraction of sp³-hybridized carbons (Fsp3) is 0.409. The lowest BCUT2D eigenvalue weighted by molar-refractivity contribution is 0.262. The van der Waals surface area contributed by atoms with Crippen LogP contribution in [0, 0.1) is 5.41 Å². The van der Waals surface area contributed by atoms with Gasteiger partial charge < -0.3 is 15.7 Å². The molecule has 2 aromatic rings. The number of carbonyl (C=O) groups is 1. The van der Waals surface area contributed by atoms with Crippen molar-refractivity contribution in [2.75, 3.05) is 21.6 Å². The van der Waals surface area contributed by atoms with Crippen molar-refractivity contribution in [3.05, 3.63) is 48.0 Å². The van der Waals surface area contributed by atoms with E-state index in [1.807, 2.05) is 6.07 Å². The number of carbonyl (C=O) groups excluding carboxylic acids is 1. The van der Waals surface area contributed by atoms with Gasteiger partial charge in [0, 0.05) is 5.69 Å². The average molecular weight is 434 g/mol. The van der Waals surface area contributed by atoms with E-state index in [9.17, 15) is 18.3 Å². The number of phenols is 1. The van der Waals surface area contributed by atoms with Gasteiger partial charge in [-0.05, 0) is 53.1 Å². The van der Waals surface area contributed by atoms with Gasteiger partial charge in [0.2, 0.25) is 10.0 Å². The number of hydrogen-bond acceptors (Lipinski definition) is 4. The Morgan fingerprint density at radius 1 is 0.967 bits per heavy atom. The van der Waals surface area contributed by atoms with E-state index >= 15 is 0 Å². The molecule has 164 valence electrons. The minimum atomic E-state index is -3.42. The zero-order valence-electron chi connectivity index (χ0n) is 18.3. The molecular weight excluding hydrogens is 402 g/mol. The molecule has 4 N–H and O–H groups in total. The third-order valence-corrected chi connectivity index (χ3v) is 5.03. The van der Waals surface area contributed by atoms with E-state index in [-0.39, 0.29) is 16.6 Å². The highest BCUT2D eigenvalue weighted by atomic mass is 32.2. The van der Waals surface area contributed by atoms with Crippen molar-refractivity contribution in [2.45, 2.75) is 46.5 Å². The van der Waals surface area contributed by atoms with Crippen LogP contribution in [0.3, 0.4) is 0 Å². The number of anilines is 3.